The van der Waals surface area contributed by atoms with E-state index in [0.29, 0.717) is 0 Å². The van der Waals surface area contributed by atoms with Crippen LogP contribution in [0.25, 0.3) is 0 Å². The minimum absolute atomic E-state index is 0.0549. The molecule has 1 aliphatic rings. The van der Waals surface area contributed by atoms with E-state index in [1.165, 1.54) is 24.3 Å². The fraction of sp³-hybridized carbons (Fsp3) is 0.429. The van der Waals surface area contributed by atoms with Gasteiger partial charge in [0, 0.05) is 18.5 Å². The Kier molecular flexibility index (Phi) is 4.51. The van der Waals surface area contributed by atoms with Gasteiger partial charge in [-0.1, -0.05) is 6.07 Å². The summed E-state index contributed by atoms with van der Waals surface area (Å²) in [5, 5.41) is 18.1. The van der Waals surface area contributed by atoms with Crippen molar-refractivity contribution in [2.75, 3.05) is 19.7 Å². The van der Waals surface area contributed by atoms with E-state index in [1.54, 1.807) is 0 Å². The largest absolute Gasteiger partial charge is 0.482 e. The van der Waals surface area contributed by atoms with Crippen LogP contribution >= 0.6 is 0 Å². The fourth-order valence-corrected chi connectivity index (χ4v) is 2.25. The second kappa shape index (κ2) is 6.07. The van der Waals surface area contributed by atoms with E-state index >= 15 is 0 Å². The van der Waals surface area contributed by atoms with Crippen LogP contribution in [0, 0.1) is 0 Å². The van der Waals surface area contributed by atoms with Gasteiger partial charge in [0.1, 0.15) is 5.75 Å². The third-order valence-electron chi connectivity index (χ3n) is 3.51. The lowest BCUT2D eigenvalue weighted by Crippen LogP contribution is -2.48. The molecule has 1 unspecified atom stereocenters. The van der Waals surface area contributed by atoms with Crippen molar-refractivity contribution in [3.63, 3.8) is 0 Å². The second-order valence-electron chi connectivity index (χ2n) is 5.22. The quantitative estimate of drug-likeness (QED) is 0.867. The van der Waals surface area contributed by atoms with Crippen LogP contribution in [0.1, 0.15) is 16.8 Å². The van der Waals surface area contributed by atoms with Crippen LogP contribution in [-0.4, -0.2) is 58.5 Å². The number of likely N-dealkylation sites (tertiary alicyclic amines) is 1. The van der Waals surface area contributed by atoms with Crippen LogP contribution in [0.2, 0.25) is 0 Å². The van der Waals surface area contributed by atoms with E-state index in [0.717, 1.165) is 4.90 Å². The molecule has 0 bridgehead atoms. The molecule has 126 valence electrons. The summed E-state index contributed by atoms with van der Waals surface area (Å²) in [6, 6.07) is 5.48. The predicted octanol–water partition coefficient (Wildman–Crippen LogP) is 1.29. The molecule has 23 heavy (non-hydrogen) atoms. The topological polar surface area (TPSA) is 87.1 Å². The lowest BCUT2D eigenvalue weighted by Gasteiger charge is -2.26. The molecule has 0 saturated carbocycles. The monoisotopic (exact) mass is 333 g/mol. The number of amides is 1. The highest BCUT2D eigenvalue weighted by Crippen LogP contribution is 2.38. The average Bonchev–Trinajstić information content (AvgIpc) is 2.88. The van der Waals surface area contributed by atoms with Crippen molar-refractivity contribution in [1.82, 2.24) is 4.90 Å². The average molecular weight is 333 g/mol. The number of hydrogen-bond donors (Lipinski definition) is 2. The molecule has 1 aromatic rings. The highest BCUT2D eigenvalue weighted by Gasteiger charge is 2.57. The number of halogens is 3. The van der Waals surface area contributed by atoms with Crippen LogP contribution < -0.4 is 4.74 Å². The molecule has 1 fully saturated rings. The van der Waals surface area contributed by atoms with Gasteiger partial charge in [0.05, 0.1) is 6.54 Å². The number of rotatable bonds is 4. The van der Waals surface area contributed by atoms with E-state index in [1.807, 2.05) is 0 Å². The van der Waals surface area contributed by atoms with Gasteiger partial charge in [0.15, 0.2) is 12.2 Å². The lowest BCUT2D eigenvalue weighted by molar-refractivity contribution is -0.253. The first kappa shape index (κ1) is 17.1. The van der Waals surface area contributed by atoms with Crippen molar-refractivity contribution in [3.8, 4) is 5.75 Å². The number of β-amino-alcohol motifs (C(OH)–C–C–N with tert-alkyl or cyclic N) is 1. The van der Waals surface area contributed by atoms with E-state index in [4.69, 9.17) is 9.84 Å². The van der Waals surface area contributed by atoms with Crippen molar-refractivity contribution in [3.05, 3.63) is 29.8 Å². The predicted molar refractivity (Wildman–Crippen MR) is 71.1 cm³/mol. The lowest BCUT2D eigenvalue weighted by atomic mass is 10.0. The summed E-state index contributed by atoms with van der Waals surface area (Å²) >= 11 is 0. The van der Waals surface area contributed by atoms with Gasteiger partial charge in [0.2, 0.25) is 0 Å². The first-order valence-electron chi connectivity index (χ1n) is 6.65. The Morgan fingerprint density at radius 1 is 1.35 bits per heavy atom. The summed E-state index contributed by atoms with van der Waals surface area (Å²) < 4.78 is 43.2. The van der Waals surface area contributed by atoms with E-state index < -0.39 is 43.2 Å². The zero-order valence-electron chi connectivity index (χ0n) is 11.8. The number of carboxylic acid groups (broad SMARTS) is 1. The molecular weight excluding hydrogens is 319 g/mol. The SMILES string of the molecule is O=C(O)COc1cccc(C(=O)N2CCC(O)(C(F)(F)F)C2)c1. The standard InChI is InChI=1S/C14H14F3NO5/c15-14(16,17)13(22)4-5-18(8-13)12(21)9-2-1-3-10(6-9)23-7-11(19)20/h1-3,6,22H,4-5,7-8H2,(H,19,20). The molecule has 6 nitrogen and oxygen atoms in total. The Balaban J connectivity index is 2.10. The summed E-state index contributed by atoms with van der Waals surface area (Å²) in [5.74, 6) is -1.77. The first-order valence-corrected chi connectivity index (χ1v) is 6.65. The molecule has 1 aliphatic heterocycles. The van der Waals surface area contributed by atoms with Gasteiger partial charge in [-0.2, -0.15) is 13.2 Å². The third kappa shape index (κ3) is 3.73. The number of carbonyl (C=O) groups excluding carboxylic acids is 1. The van der Waals surface area contributed by atoms with Crippen molar-refractivity contribution in [2.45, 2.75) is 18.2 Å². The molecule has 1 saturated heterocycles. The number of carboxylic acids is 1. The van der Waals surface area contributed by atoms with Gasteiger partial charge in [-0.15, -0.1) is 0 Å². The Labute approximate surface area is 129 Å². The molecular formula is C14H14F3NO5. The van der Waals surface area contributed by atoms with Gasteiger partial charge in [-0.05, 0) is 18.2 Å². The normalized spacial score (nSPS) is 21.3. The van der Waals surface area contributed by atoms with Gasteiger partial charge in [-0.3, -0.25) is 4.79 Å². The van der Waals surface area contributed by atoms with Crippen LogP contribution in [0.3, 0.4) is 0 Å². The van der Waals surface area contributed by atoms with E-state index in [2.05, 4.69) is 0 Å². The fourth-order valence-electron chi connectivity index (χ4n) is 2.25. The number of alkyl halides is 3. The van der Waals surface area contributed by atoms with Gasteiger partial charge in [0.25, 0.3) is 5.91 Å². The zero-order valence-corrected chi connectivity index (χ0v) is 11.8. The van der Waals surface area contributed by atoms with Crippen molar-refractivity contribution in [1.29, 1.82) is 0 Å². The molecule has 0 aliphatic carbocycles. The van der Waals surface area contributed by atoms with Crippen molar-refractivity contribution < 1.29 is 37.7 Å². The maximum Gasteiger partial charge on any atom is 0.419 e. The number of carbonyl (C=O) groups is 2. The molecule has 9 heteroatoms. The van der Waals surface area contributed by atoms with Crippen LogP contribution in [0.5, 0.6) is 5.75 Å². The zero-order chi connectivity index (χ0) is 17.3. The molecule has 0 aromatic heterocycles. The molecule has 2 N–H and O–H groups in total. The smallest absolute Gasteiger partial charge is 0.419 e. The van der Waals surface area contributed by atoms with Gasteiger partial charge in [-0.25, -0.2) is 4.79 Å². The van der Waals surface area contributed by atoms with Crippen LogP contribution in [0.4, 0.5) is 13.2 Å². The summed E-state index contributed by atoms with van der Waals surface area (Å²) in [6.07, 6.45) is -5.40. The number of aliphatic hydroxyl groups is 1. The molecule has 0 radical (unpaired) electrons. The number of ether oxygens (including phenoxy) is 1. The Morgan fingerprint density at radius 2 is 2.04 bits per heavy atom. The summed E-state index contributed by atoms with van der Waals surface area (Å²) in [6.45, 7) is -1.67. The molecule has 1 heterocycles. The minimum atomic E-state index is -4.81. The van der Waals surface area contributed by atoms with Gasteiger partial charge < -0.3 is 19.8 Å². The molecule has 1 atom stereocenters. The Bertz CT molecular complexity index is 619. The number of nitrogens with zero attached hydrogens (tertiary/aromatic N) is 1. The summed E-state index contributed by atoms with van der Waals surface area (Å²) in [7, 11) is 0. The van der Waals surface area contributed by atoms with Crippen LogP contribution in [0.15, 0.2) is 24.3 Å². The number of hydrogen-bond acceptors (Lipinski definition) is 4. The molecule has 0 spiro atoms. The summed E-state index contributed by atoms with van der Waals surface area (Å²) in [5.41, 5.74) is -2.85. The van der Waals surface area contributed by atoms with E-state index in [9.17, 15) is 27.9 Å². The number of aliphatic carboxylic acids is 1. The van der Waals surface area contributed by atoms with Crippen LogP contribution in [-0.2, 0) is 4.79 Å². The van der Waals surface area contributed by atoms with E-state index in [-0.39, 0.29) is 17.9 Å². The first-order chi connectivity index (χ1) is 10.6. The Hall–Kier alpha value is -2.29. The molecule has 2 rings (SSSR count). The van der Waals surface area contributed by atoms with Crippen molar-refractivity contribution in [2.24, 2.45) is 0 Å². The number of benzene rings is 1. The second-order valence-corrected chi connectivity index (χ2v) is 5.22. The highest BCUT2D eigenvalue weighted by atomic mass is 19.4. The minimum Gasteiger partial charge on any atom is -0.482 e. The van der Waals surface area contributed by atoms with Gasteiger partial charge >= 0.3 is 12.1 Å². The highest BCUT2D eigenvalue weighted by molar-refractivity contribution is 5.94. The Morgan fingerprint density at radius 3 is 2.61 bits per heavy atom. The molecule has 1 amide bonds. The molecule has 1 aromatic carbocycles. The third-order valence-corrected chi connectivity index (χ3v) is 3.51. The maximum atomic E-state index is 12.8. The maximum absolute atomic E-state index is 12.8. The summed E-state index contributed by atoms with van der Waals surface area (Å²) in [4.78, 5) is 23.6. The van der Waals surface area contributed by atoms with Crippen molar-refractivity contribution >= 4 is 11.9 Å².